The summed E-state index contributed by atoms with van der Waals surface area (Å²) >= 11 is 0. The zero-order valence-corrected chi connectivity index (χ0v) is 16.4. The molecular formula is C18H26N4O5. The molecular weight excluding hydrogens is 352 g/mol. The van der Waals surface area contributed by atoms with Crippen molar-refractivity contribution in [3.05, 3.63) is 11.9 Å². The lowest BCUT2D eigenvalue weighted by Gasteiger charge is -2.47. The van der Waals surface area contributed by atoms with E-state index in [9.17, 15) is 9.59 Å². The van der Waals surface area contributed by atoms with Gasteiger partial charge in [0, 0.05) is 31.6 Å². The Morgan fingerprint density at radius 1 is 1.19 bits per heavy atom. The molecule has 1 aromatic heterocycles. The number of esters is 1. The normalized spacial score (nSPS) is 18.3. The standard InChI is InChI=1S/C18H26N4O5/c1-17(2,3)27-16(24)22-10-18(11-22)6-7-21(9-18)12-8-19-14(25-4)13(20-12)15(23)26-5/h8H,6-7,9-11H2,1-5H3. The highest BCUT2D eigenvalue weighted by Crippen LogP contribution is 2.41. The van der Waals surface area contributed by atoms with Crippen LogP contribution in [-0.4, -0.2) is 72.9 Å². The van der Waals surface area contributed by atoms with E-state index in [1.807, 2.05) is 20.8 Å². The average Bonchev–Trinajstić information content (AvgIpc) is 3.03. The van der Waals surface area contributed by atoms with E-state index in [0.717, 1.165) is 19.5 Å². The molecule has 2 saturated heterocycles. The first-order chi connectivity index (χ1) is 12.7. The molecule has 0 aliphatic carbocycles. The zero-order chi connectivity index (χ0) is 19.8. The lowest BCUT2D eigenvalue weighted by molar-refractivity contribution is -0.0266. The first-order valence-electron chi connectivity index (χ1n) is 8.89. The summed E-state index contributed by atoms with van der Waals surface area (Å²) in [6.45, 7) is 8.42. The monoisotopic (exact) mass is 378 g/mol. The minimum absolute atomic E-state index is 0.0317. The van der Waals surface area contributed by atoms with Crippen LogP contribution in [0.25, 0.3) is 0 Å². The Kier molecular flexibility index (Phi) is 4.88. The number of nitrogens with zero attached hydrogens (tertiary/aromatic N) is 4. The van der Waals surface area contributed by atoms with Gasteiger partial charge >= 0.3 is 12.1 Å². The van der Waals surface area contributed by atoms with Gasteiger partial charge in [-0.3, -0.25) is 0 Å². The Labute approximate surface area is 158 Å². The van der Waals surface area contributed by atoms with Crippen molar-refractivity contribution in [2.24, 2.45) is 5.41 Å². The van der Waals surface area contributed by atoms with Crippen molar-refractivity contribution < 1.29 is 23.8 Å². The number of amides is 1. The van der Waals surface area contributed by atoms with Crippen LogP contribution in [0.15, 0.2) is 6.20 Å². The van der Waals surface area contributed by atoms with Crippen LogP contribution in [-0.2, 0) is 9.47 Å². The Morgan fingerprint density at radius 3 is 2.48 bits per heavy atom. The van der Waals surface area contributed by atoms with Gasteiger partial charge in [-0.2, -0.15) is 0 Å². The minimum Gasteiger partial charge on any atom is -0.479 e. The molecule has 0 atom stereocenters. The van der Waals surface area contributed by atoms with E-state index >= 15 is 0 Å². The summed E-state index contributed by atoms with van der Waals surface area (Å²) in [6.07, 6.45) is 2.26. The van der Waals surface area contributed by atoms with E-state index in [1.165, 1.54) is 14.2 Å². The summed E-state index contributed by atoms with van der Waals surface area (Å²) in [5.41, 5.74) is -0.406. The number of rotatable bonds is 3. The number of likely N-dealkylation sites (tertiary alicyclic amines) is 1. The number of aromatic nitrogens is 2. The van der Waals surface area contributed by atoms with Crippen molar-refractivity contribution in [3.63, 3.8) is 0 Å². The molecule has 0 saturated carbocycles. The molecule has 0 bridgehead atoms. The topological polar surface area (TPSA) is 94.1 Å². The lowest BCUT2D eigenvalue weighted by atomic mass is 9.79. The second-order valence-electron chi connectivity index (χ2n) is 8.09. The average molecular weight is 378 g/mol. The Morgan fingerprint density at radius 2 is 1.89 bits per heavy atom. The molecule has 0 aromatic carbocycles. The third-order valence-electron chi connectivity index (χ3n) is 4.76. The highest BCUT2D eigenvalue weighted by Gasteiger charge is 2.50. The summed E-state index contributed by atoms with van der Waals surface area (Å²) in [5, 5.41) is 0. The van der Waals surface area contributed by atoms with Gasteiger partial charge in [0.05, 0.1) is 20.4 Å². The van der Waals surface area contributed by atoms with Gasteiger partial charge in [-0.25, -0.2) is 19.6 Å². The van der Waals surface area contributed by atoms with Crippen molar-refractivity contribution in [3.8, 4) is 5.88 Å². The molecule has 1 amide bonds. The largest absolute Gasteiger partial charge is 0.479 e. The summed E-state index contributed by atoms with van der Waals surface area (Å²) in [5.74, 6) is 0.151. The predicted octanol–water partition coefficient (Wildman–Crippen LogP) is 1.72. The SMILES string of the molecule is COC(=O)c1nc(N2CCC3(CN(C(=O)OC(C)(C)C)C3)C2)cnc1OC. The molecule has 3 heterocycles. The van der Waals surface area contributed by atoms with Gasteiger partial charge < -0.3 is 24.0 Å². The van der Waals surface area contributed by atoms with Crippen LogP contribution in [0, 0.1) is 5.41 Å². The maximum Gasteiger partial charge on any atom is 0.410 e. The molecule has 9 nitrogen and oxygen atoms in total. The second kappa shape index (κ2) is 6.86. The highest BCUT2D eigenvalue weighted by atomic mass is 16.6. The number of hydrogen-bond donors (Lipinski definition) is 0. The number of ether oxygens (including phenoxy) is 3. The third kappa shape index (κ3) is 3.91. The number of anilines is 1. The van der Waals surface area contributed by atoms with Crippen LogP contribution in [0.3, 0.4) is 0 Å². The van der Waals surface area contributed by atoms with Crippen LogP contribution >= 0.6 is 0 Å². The van der Waals surface area contributed by atoms with E-state index in [1.54, 1.807) is 11.1 Å². The minimum atomic E-state index is -0.588. The Hall–Kier alpha value is -2.58. The molecule has 2 aliphatic rings. The maximum absolute atomic E-state index is 12.2. The van der Waals surface area contributed by atoms with E-state index < -0.39 is 11.6 Å². The van der Waals surface area contributed by atoms with Gasteiger partial charge in [-0.05, 0) is 27.2 Å². The van der Waals surface area contributed by atoms with Gasteiger partial charge in [0.25, 0.3) is 0 Å². The lowest BCUT2D eigenvalue weighted by Crippen LogP contribution is -2.60. The summed E-state index contributed by atoms with van der Waals surface area (Å²) in [6, 6.07) is 0. The van der Waals surface area contributed by atoms with Crippen LogP contribution in [0.4, 0.5) is 10.6 Å². The van der Waals surface area contributed by atoms with Crippen molar-refractivity contribution in [2.75, 3.05) is 45.3 Å². The van der Waals surface area contributed by atoms with Gasteiger partial charge in [-0.1, -0.05) is 0 Å². The van der Waals surface area contributed by atoms with Crippen LogP contribution in [0.1, 0.15) is 37.7 Å². The van der Waals surface area contributed by atoms with E-state index in [2.05, 4.69) is 14.9 Å². The molecule has 2 fully saturated rings. The third-order valence-corrected chi connectivity index (χ3v) is 4.76. The number of methoxy groups -OCH3 is 2. The quantitative estimate of drug-likeness (QED) is 0.734. The fraction of sp³-hybridized carbons (Fsp3) is 0.667. The van der Waals surface area contributed by atoms with Crippen molar-refractivity contribution in [1.29, 1.82) is 0 Å². The first-order valence-corrected chi connectivity index (χ1v) is 8.89. The second-order valence-corrected chi connectivity index (χ2v) is 8.09. The predicted molar refractivity (Wildman–Crippen MR) is 97.0 cm³/mol. The molecule has 9 heteroatoms. The molecule has 1 spiro atoms. The smallest absolute Gasteiger partial charge is 0.410 e. The van der Waals surface area contributed by atoms with Gasteiger partial charge in [0.1, 0.15) is 11.4 Å². The fourth-order valence-electron chi connectivity index (χ4n) is 3.51. The summed E-state index contributed by atoms with van der Waals surface area (Å²) in [7, 11) is 2.72. The number of carbonyl (C=O) groups is 2. The van der Waals surface area contributed by atoms with Crippen LogP contribution in [0.5, 0.6) is 5.88 Å². The van der Waals surface area contributed by atoms with Crippen molar-refractivity contribution in [2.45, 2.75) is 32.8 Å². The molecule has 2 aliphatic heterocycles. The van der Waals surface area contributed by atoms with E-state index in [-0.39, 0.29) is 23.1 Å². The molecule has 0 N–H and O–H groups in total. The Bertz CT molecular complexity index is 740. The van der Waals surface area contributed by atoms with Crippen LogP contribution in [0.2, 0.25) is 0 Å². The molecule has 3 rings (SSSR count). The molecule has 148 valence electrons. The summed E-state index contributed by atoms with van der Waals surface area (Å²) < 4.78 is 15.3. The molecule has 0 unspecified atom stereocenters. The van der Waals surface area contributed by atoms with Crippen molar-refractivity contribution >= 4 is 17.9 Å². The van der Waals surface area contributed by atoms with E-state index in [0.29, 0.717) is 18.9 Å². The zero-order valence-electron chi connectivity index (χ0n) is 16.4. The number of hydrogen-bond acceptors (Lipinski definition) is 8. The van der Waals surface area contributed by atoms with Crippen molar-refractivity contribution in [1.82, 2.24) is 14.9 Å². The van der Waals surface area contributed by atoms with Gasteiger partial charge in [0.15, 0.2) is 0 Å². The fourth-order valence-corrected chi connectivity index (χ4v) is 3.51. The van der Waals surface area contributed by atoms with E-state index in [4.69, 9.17) is 14.2 Å². The molecule has 1 aromatic rings. The summed E-state index contributed by atoms with van der Waals surface area (Å²) in [4.78, 5) is 36.4. The maximum atomic E-state index is 12.2. The van der Waals surface area contributed by atoms with Gasteiger partial charge in [-0.15, -0.1) is 0 Å². The van der Waals surface area contributed by atoms with Crippen LogP contribution < -0.4 is 9.64 Å². The molecule has 27 heavy (non-hydrogen) atoms. The van der Waals surface area contributed by atoms with Gasteiger partial charge in [0.2, 0.25) is 11.6 Å². The highest BCUT2D eigenvalue weighted by molar-refractivity contribution is 5.90. The number of carbonyl (C=O) groups excluding carboxylic acids is 2. The first kappa shape index (κ1) is 19.2. The Balaban J connectivity index is 1.66. The molecule has 0 radical (unpaired) electrons.